The minimum Gasteiger partial charge on any atom is -0.391 e. The fraction of sp³-hybridized carbons (Fsp3) is 0.400. The molecular weight excluding hydrogens is 224 g/mol. The van der Waals surface area contributed by atoms with Crippen LogP contribution in [0.25, 0.3) is 0 Å². The highest BCUT2D eigenvalue weighted by Gasteiger charge is 2.26. The average Bonchev–Trinajstić information content (AvgIpc) is 2.91. The summed E-state index contributed by atoms with van der Waals surface area (Å²) in [5.41, 5.74) is 2.73. The minimum absolute atomic E-state index is 0.261. The zero-order chi connectivity index (χ0) is 12.4. The summed E-state index contributed by atoms with van der Waals surface area (Å²) in [6.07, 6.45) is 8.47. The van der Waals surface area contributed by atoms with Gasteiger partial charge in [0.1, 0.15) is 0 Å². The Morgan fingerprint density at radius 3 is 3.11 bits per heavy atom. The highest BCUT2D eigenvalue weighted by molar-refractivity contribution is 5.33. The molecule has 0 saturated carbocycles. The number of rotatable bonds is 3. The number of hydrogen-bond acceptors (Lipinski definition) is 2. The topological polar surface area (TPSA) is 38.0 Å². The molecule has 1 aromatic carbocycles. The van der Waals surface area contributed by atoms with Crippen LogP contribution >= 0.6 is 0 Å². The van der Waals surface area contributed by atoms with Gasteiger partial charge in [-0.25, -0.2) is 4.98 Å². The minimum atomic E-state index is -0.333. The zero-order valence-electron chi connectivity index (χ0n) is 10.4. The summed E-state index contributed by atoms with van der Waals surface area (Å²) in [5.74, 6) is 0.261. The van der Waals surface area contributed by atoms with E-state index in [1.165, 1.54) is 17.5 Å². The molecule has 0 radical (unpaired) electrons. The first-order chi connectivity index (χ1) is 8.84. The molecule has 0 fully saturated rings. The molecular formula is C15H18N2O. The first-order valence-electron chi connectivity index (χ1n) is 6.56. The van der Waals surface area contributed by atoms with E-state index in [9.17, 15) is 5.11 Å². The standard InChI is InChI=1S/C15H18N2O/c18-15(10-17-9-8-16-11-17)14-7-3-5-12-4-1-2-6-13(12)14/h1-2,4,6,8-9,11,14-15,18H,3,5,7,10H2. The predicted octanol–water partition coefficient (Wildman–Crippen LogP) is 2.36. The Kier molecular flexibility index (Phi) is 3.15. The lowest BCUT2D eigenvalue weighted by Gasteiger charge is -2.29. The van der Waals surface area contributed by atoms with Gasteiger partial charge in [-0.1, -0.05) is 24.3 Å². The smallest absolute Gasteiger partial charge is 0.0946 e. The summed E-state index contributed by atoms with van der Waals surface area (Å²) < 4.78 is 1.95. The van der Waals surface area contributed by atoms with Gasteiger partial charge in [-0.2, -0.15) is 0 Å². The van der Waals surface area contributed by atoms with E-state index in [0.717, 1.165) is 12.8 Å². The van der Waals surface area contributed by atoms with E-state index >= 15 is 0 Å². The molecule has 18 heavy (non-hydrogen) atoms. The average molecular weight is 242 g/mol. The molecule has 0 saturated heterocycles. The van der Waals surface area contributed by atoms with Gasteiger partial charge in [-0.15, -0.1) is 0 Å². The van der Waals surface area contributed by atoms with E-state index in [-0.39, 0.29) is 12.0 Å². The van der Waals surface area contributed by atoms with Crippen LogP contribution in [0.1, 0.15) is 29.9 Å². The number of aliphatic hydroxyl groups excluding tert-OH is 1. The molecule has 2 atom stereocenters. The Hall–Kier alpha value is -1.61. The fourth-order valence-electron chi connectivity index (χ4n) is 2.93. The van der Waals surface area contributed by atoms with Gasteiger partial charge in [0.15, 0.2) is 0 Å². The number of aliphatic hydroxyl groups is 1. The molecule has 0 amide bonds. The van der Waals surface area contributed by atoms with Gasteiger partial charge < -0.3 is 9.67 Å². The molecule has 1 aromatic heterocycles. The van der Waals surface area contributed by atoms with Crippen LogP contribution in [0, 0.1) is 0 Å². The third-order valence-electron chi connectivity index (χ3n) is 3.84. The van der Waals surface area contributed by atoms with Crippen molar-refractivity contribution >= 4 is 0 Å². The van der Waals surface area contributed by atoms with Gasteiger partial charge in [0.2, 0.25) is 0 Å². The largest absolute Gasteiger partial charge is 0.391 e. The molecule has 1 aliphatic rings. The van der Waals surface area contributed by atoms with Crippen molar-refractivity contribution in [3.05, 3.63) is 54.1 Å². The number of hydrogen-bond donors (Lipinski definition) is 1. The Morgan fingerprint density at radius 2 is 2.28 bits per heavy atom. The van der Waals surface area contributed by atoms with Crippen LogP contribution in [0.3, 0.4) is 0 Å². The van der Waals surface area contributed by atoms with Crippen molar-refractivity contribution in [2.24, 2.45) is 0 Å². The van der Waals surface area contributed by atoms with E-state index in [2.05, 4.69) is 29.2 Å². The molecule has 1 heterocycles. The van der Waals surface area contributed by atoms with E-state index in [0.29, 0.717) is 6.54 Å². The van der Waals surface area contributed by atoms with Crippen LogP contribution < -0.4 is 0 Å². The monoisotopic (exact) mass is 242 g/mol. The van der Waals surface area contributed by atoms with Gasteiger partial charge in [-0.3, -0.25) is 0 Å². The molecule has 0 bridgehead atoms. The quantitative estimate of drug-likeness (QED) is 0.897. The van der Waals surface area contributed by atoms with Crippen LogP contribution in [-0.2, 0) is 13.0 Å². The lowest BCUT2D eigenvalue weighted by atomic mass is 9.80. The van der Waals surface area contributed by atoms with Crippen LogP contribution in [0.4, 0.5) is 0 Å². The highest BCUT2D eigenvalue weighted by atomic mass is 16.3. The summed E-state index contributed by atoms with van der Waals surface area (Å²) in [6.45, 7) is 0.624. The van der Waals surface area contributed by atoms with Gasteiger partial charge >= 0.3 is 0 Å². The third-order valence-corrected chi connectivity index (χ3v) is 3.84. The molecule has 3 heteroatoms. The van der Waals surface area contributed by atoms with Crippen LogP contribution in [0.15, 0.2) is 43.0 Å². The van der Waals surface area contributed by atoms with Crippen molar-refractivity contribution in [2.75, 3.05) is 0 Å². The molecule has 0 spiro atoms. The Labute approximate surface area is 107 Å². The molecule has 2 unspecified atom stereocenters. The van der Waals surface area contributed by atoms with Crippen molar-refractivity contribution < 1.29 is 5.11 Å². The van der Waals surface area contributed by atoms with Gasteiger partial charge in [-0.05, 0) is 30.4 Å². The van der Waals surface area contributed by atoms with Gasteiger partial charge in [0.05, 0.1) is 19.0 Å². The first-order valence-corrected chi connectivity index (χ1v) is 6.56. The summed E-state index contributed by atoms with van der Waals surface area (Å²) in [5, 5.41) is 10.4. The number of benzene rings is 1. The van der Waals surface area contributed by atoms with Crippen LogP contribution in [0.2, 0.25) is 0 Å². The van der Waals surface area contributed by atoms with E-state index in [1.807, 2.05) is 10.8 Å². The van der Waals surface area contributed by atoms with Crippen molar-refractivity contribution in [3.63, 3.8) is 0 Å². The zero-order valence-corrected chi connectivity index (χ0v) is 10.4. The second kappa shape index (κ2) is 4.94. The number of imidazole rings is 1. The lowest BCUT2D eigenvalue weighted by Crippen LogP contribution is -2.26. The molecule has 0 aliphatic heterocycles. The van der Waals surface area contributed by atoms with Crippen molar-refractivity contribution in [1.29, 1.82) is 0 Å². The summed E-state index contributed by atoms with van der Waals surface area (Å²) in [6, 6.07) is 8.51. The molecule has 2 aromatic rings. The van der Waals surface area contributed by atoms with Crippen molar-refractivity contribution in [1.82, 2.24) is 9.55 Å². The Balaban J connectivity index is 1.80. The molecule has 94 valence electrons. The molecule has 1 aliphatic carbocycles. The fourth-order valence-corrected chi connectivity index (χ4v) is 2.93. The second-order valence-electron chi connectivity index (χ2n) is 5.02. The van der Waals surface area contributed by atoms with Crippen LogP contribution in [0.5, 0.6) is 0 Å². The normalized spacial score (nSPS) is 20.4. The molecule has 3 nitrogen and oxygen atoms in total. The van der Waals surface area contributed by atoms with E-state index < -0.39 is 0 Å². The Morgan fingerprint density at radius 1 is 1.39 bits per heavy atom. The summed E-state index contributed by atoms with van der Waals surface area (Å²) in [4.78, 5) is 4.02. The van der Waals surface area contributed by atoms with E-state index in [1.54, 1.807) is 12.5 Å². The third kappa shape index (κ3) is 2.18. The predicted molar refractivity (Wildman–Crippen MR) is 70.4 cm³/mol. The number of aromatic nitrogens is 2. The number of aryl methyl sites for hydroxylation is 1. The van der Waals surface area contributed by atoms with Gasteiger partial charge in [0, 0.05) is 18.3 Å². The van der Waals surface area contributed by atoms with Gasteiger partial charge in [0.25, 0.3) is 0 Å². The first kappa shape index (κ1) is 11.5. The number of fused-ring (bicyclic) bond motifs is 1. The number of nitrogens with zero attached hydrogens (tertiary/aromatic N) is 2. The maximum atomic E-state index is 10.4. The SMILES string of the molecule is OC(Cn1ccnc1)C1CCCc2ccccc21. The molecule has 3 rings (SSSR count). The summed E-state index contributed by atoms with van der Waals surface area (Å²) >= 11 is 0. The van der Waals surface area contributed by atoms with Crippen molar-refractivity contribution in [3.8, 4) is 0 Å². The summed E-state index contributed by atoms with van der Waals surface area (Å²) in [7, 11) is 0. The maximum absolute atomic E-state index is 10.4. The maximum Gasteiger partial charge on any atom is 0.0946 e. The van der Waals surface area contributed by atoms with E-state index in [4.69, 9.17) is 0 Å². The lowest BCUT2D eigenvalue weighted by molar-refractivity contribution is 0.116. The highest BCUT2D eigenvalue weighted by Crippen LogP contribution is 2.34. The second-order valence-corrected chi connectivity index (χ2v) is 5.02. The molecule has 1 N–H and O–H groups in total. The Bertz CT molecular complexity index is 507. The van der Waals surface area contributed by atoms with Crippen LogP contribution in [-0.4, -0.2) is 20.8 Å². The van der Waals surface area contributed by atoms with Crippen molar-refractivity contribution in [2.45, 2.75) is 37.8 Å².